The molecule has 0 aliphatic rings. The van der Waals surface area contributed by atoms with Crippen molar-refractivity contribution in [1.82, 2.24) is 5.16 Å². The van der Waals surface area contributed by atoms with Crippen LogP contribution in [0.4, 0.5) is 0 Å². The van der Waals surface area contributed by atoms with E-state index < -0.39 is 5.97 Å². The molecule has 100 valence electrons. The summed E-state index contributed by atoms with van der Waals surface area (Å²) in [7, 11) is 0. The number of carboxylic acid groups (broad SMARTS) is 1. The van der Waals surface area contributed by atoms with E-state index in [-0.39, 0.29) is 6.42 Å². The van der Waals surface area contributed by atoms with E-state index in [1.165, 1.54) is 11.1 Å². The first-order valence-electron chi connectivity index (χ1n) is 6.23. The van der Waals surface area contributed by atoms with Crippen LogP contribution in [0.3, 0.4) is 0 Å². The van der Waals surface area contributed by atoms with Crippen molar-refractivity contribution in [3.8, 4) is 11.3 Å². The third-order valence-corrected chi connectivity index (χ3v) is 3.26. The Bertz CT molecular complexity index is 614. The van der Waals surface area contributed by atoms with Crippen molar-refractivity contribution >= 4 is 5.97 Å². The van der Waals surface area contributed by atoms with Gasteiger partial charge >= 0.3 is 5.97 Å². The van der Waals surface area contributed by atoms with Gasteiger partial charge in [0.25, 0.3) is 0 Å². The van der Waals surface area contributed by atoms with Crippen molar-refractivity contribution in [2.45, 2.75) is 33.6 Å². The second-order valence-electron chi connectivity index (χ2n) is 4.83. The first-order chi connectivity index (χ1) is 8.97. The molecule has 4 heteroatoms. The van der Waals surface area contributed by atoms with E-state index in [0.29, 0.717) is 17.9 Å². The second kappa shape index (κ2) is 5.26. The topological polar surface area (TPSA) is 63.3 Å². The minimum Gasteiger partial charge on any atom is -0.481 e. The van der Waals surface area contributed by atoms with Gasteiger partial charge in [0, 0.05) is 18.1 Å². The molecule has 2 aromatic rings. The summed E-state index contributed by atoms with van der Waals surface area (Å²) < 4.78 is 5.32. The molecule has 0 aliphatic carbocycles. The number of aromatic nitrogens is 1. The highest BCUT2D eigenvalue weighted by atomic mass is 16.5. The molecular formula is C15H17NO3. The molecule has 1 N–H and O–H groups in total. The van der Waals surface area contributed by atoms with Crippen LogP contribution in [0.15, 0.2) is 22.7 Å². The van der Waals surface area contributed by atoms with Gasteiger partial charge in [-0.3, -0.25) is 4.79 Å². The van der Waals surface area contributed by atoms with Crippen LogP contribution in [0.25, 0.3) is 11.3 Å². The Kier molecular flexibility index (Phi) is 3.69. The van der Waals surface area contributed by atoms with Gasteiger partial charge < -0.3 is 9.63 Å². The van der Waals surface area contributed by atoms with E-state index in [1.54, 1.807) is 0 Å². The molecule has 0 bridgehead atoms. The highest BCUT2D eigenvalue weighted by Crippen LogP contribution is 2.27. The van der Waals surface area contributed by atoms with Crippen LogP contribution >= 0.6 is 0 Å². The normalized spacial score (nSPS) is 10.7. The van der Waals surface area contributed by atoms with Gasteiger partial charge in [0.2, 0.25) is 0 Å². The van der Waals surface area contributed by atoms with E-state index in [2.05, 4.69) is 31.1 Å². The standard InChI is InChI=1S/C15H17NO3/c1-9-6-11(3)13(7-10(9)2)14-8-12(16-19-14)4-5-15(17)18/h6-8H,4-5H2,1-3H3,(H,17,18). The van der Waals surface area contributed by atoms with Crippen LogP contribution < -0.4 is 0 Å². The summed E-state index contributed by atoms with van der Waals surface area (Å²) in [5.41, 5.74) is 5.26. The van der Waals surface area contributed by atoms with Crippen LogP contribution in [-0.2, 0) is 11.2 Å². The first-order valence-corrected chi connectivity index (χ1v) is 6.23. The number of nitrogens with zero attached hydrogens (tertiary/aromatic N) is 1. The van der Waals surface area contributed by atoms with E-state index >= 15 is 0 Å². The van der Waals surface area contributed by atoms with Gasteiger partial charge in [0.05, 0.1) is 12.1 Å². The predicted octanol–water partition coefficient (Wildman–Crippen LogP) is 3.28. The molecule has 0 amide bonds. The van der Waals surface area contributed by atoms with E-state index in [9.17, 15) is 4.79 Å². The fourth-order valence-electron chi connectivity index (χ4n) is 2.02. The number of carboxylic acids is 1. The average molecular weight is 259 g/mol. The summed E-state index contributed by atoms with van der Waals surface area (Å²) in [5, 5.41) is 12.6. The molecule has 0 radical (unpaired) electrons. The Morgan fingerprint density at radius 2 is 1.84 bits per heavy atom. The molecule has 1 aromatic carbocycles. The number of aliphatic carboxylic acids is 1. The minimum atomic E-state index is -0.827. The highest BCUT2D eigenvalue weighted by molar-refractivity contribution is 5.67. The maximum Gasteiger partial charge on any atom is 0.303 e. The predicted molar refractivity (Wildman–Crippen MR) is 72.1 cm³/mol. The number of carbonyl (C=O) groups is 1. The van der Waals surface area contributed by atoms with Crippen LogP contribution in [0.2, 0.25) is 0 Å². The first kappa shape index (κ1) is 13.3. The van der Waals surface area contributed by atoms with Gasteiger partial charge in [-0.1, -0.05) is 11.2 Å². The quantitative estimate of drug-likeness (QED) is 0.915. The molecule has 0 atom stereocenters. The molecule has 19 heavy (non-hydrogen) atoms. The zero-order valence-electron chi connectivity index (χ0n) is 11.4. The van der Waals surface area contributed by atoms with E-state index in [1.807, 2.05) is 13.0 Å². The molecule has 1 heterocycles. The van der Waals surface area contributed by atoms with Crippen LogP contribution in [-0.4, -0.2) is 16.2 Å². The molecule has 4 nitrogen and oxygen atoms in total. The Morgan fingerprint density at radius 1 is 1.16 bits per heavy atom. The summed E-state index contributed by atoms with van der Waals surface area (Å²) in [5.74, 6) is -0.132. The number of rotatable bonds is 4. The molecule has 1 aromatic heterocycles. The van der Waals surface area contributed by atoms with Crippen molar-refractivity contribution in [3.05, 3.63) is 40.6 Å². The second-order valence-corrected chi connectivity index (χ2v) is 4.83. The smallest absolute Gasteiger partial charge is 0.303 e. The molecule has 0 saturated carbocycles. The summed E-state index contributed by atoms with van der Waals surface area (Å²) in [6.45, 7) is 6.16. The van der Waals surface area contributed by atoms with Crippen LogP contribution in [0.1, 0.15) is 28.8 Å². The van der Waals surface area contributed by atoms with Gasteiger partial charge in [0.1, 0.15) is 0 Å². The molecule has 0 spiro atoms. The molecular weight excluding hydrogens is 242 g/mol. The van der Waals surface area contributed by atoms with Gasteiger partial charge in [0.15, 0.2) is 5.76 Å². The SMILES string of the molecule is Cc1cc(C)c(-c2cc(CCC(=O)O)no2)cc1C. The Balaban J connectivity index is 2.27. The maximum atomic E-state index is 10.5. The zero-order valence-corrected chi connectivity index (χ0v) is 11.4. The lowest BCUT2D eigenvalue weighted by Gasteiger charge is -2.06. The molecule has 0 saturated heterocycles. The summed E-state index contributed by atoms with van der Waals surface area (Å²) in [6.07, 6.45) is 0.459. The fourth-order valence-corrected chi connectivity index (χ4v) is 2.02. The lowest BCUT2D eigenvalue weighted by atomic mass is 9.99. The highest BCUT2D eigenvalue weighted by Gasteiger charge is 2.11. The van der Waals surface area contributed by atoms with Crippen molar-refractivity contribution in [2.24, 2.45) is 0 Å². The number of aryl methyl sites for hydroxylation is 4. The van der Waals surface area contributed by atoms with Gasteiger partial charge in [-0.15, -0.1) is 0 Å². The average Bonchev–Trinajstić information content (AvgIpc) is 2.80. The molecule has 0 unspecified atom stereocenters. The van der Waals surface area contributed by atoms with Crippen molar-refractivity contribution < 1.29 is 14.4 Å². The van der Waals surface area contributed by atoms with Gasteiger partial charge in [-0.25, -0.2) is 0 Å². The Hall–Kier alpha value is -2.10. The van der Waals surface area contributed by atoms with Gasteiger partial charge in [-0.05, 0) is 43.5 Å². The summed E-state index contributed by atoms with van der Waals surface area (Å²) in [6, 6.07) is 6.01. The van der Waals surface area contributed by atoms with Crippen molar-refractivity contribution in [2.75, 3.05) is 0 Å². The number of benzene rings is 1. The summed E-state index contributed by atoms with van der Waals surface area (Å²) in [4.78, 5) is 10.5. The lowest BCUT2D eigenvalue weighted by molar-refractivity contribution is -0.136. The largest absolute Gasteiger partial charge is 0.481 e. The third kappa shape index (κ3) is 3.02. The van der Waals surface area contributed by atoms with Crippen LogP contribution in [0, 0.1) is 20.8 Å². The molecule has 0 aliphatic heterocycles. The molecule has 0 fully saturated rings. The van der Waals surface area contributed by atoms with Crippen LogP contribution in [0.5, 0.6) is 0 Å². The number of hydrogen-bond acceptors (Lipinski definition) is 3. The van der Waals surface area contributed by atoms with Crippen molar-refractivity contribution in [3.63, 3.8) is 0 Å². The Labute approximate surface area is 112 Å². The van der Waals surface area contributed by atoms with Gasteiger partial charge in [-0.2, -0.15) is 0 Å². The molecule has 2 rings (SSSR count). The lowest BCUT2D eigenvalue weighted by Crippen LogP contribution is -1.97. The van der Waals surface area contributed by atoms with Crippen molar-refractivity contribution in [1.29, 1.82) is 0 Å². The number of hydrogen-bond donors (Lipinski definition) is 1. The monoisotopic (exact) mass is 259 g/mol. The minimum absolute atomic E-state index is 0.0673. The third-order valence-electron chi connectivity index (χ3n) is 3.26. The van der Waals surface area contributed by atoms with E-state index in [4.69, 9.17) is 9.63 Å². The Morgan fingerprint density at radius 3 is 2.53 bits per heavy atom. The fraction of sp³-hybridized carbons (Fsp3) is 0.333. The zero-order chi connectivity index (χ0) is 14.0. The maximum absolute atomic E-state index is 10.5. The van der Waals surface area contributed by atoms with E-state index in [0.717, 1.165) is 11.1 Å². The summed E-state index contributed by atoms with van der Waals surface area (Å²) >= 11 is 0.